The third-order valence-electron chi connectivity index (χ3n) is 3.35. The number of benzene rings is 2. The minimum absolute atomic E-state index is 0.784. The Labute approximate surface area is 118 Å². The van der Waals surface area contributed by atoms with Gasteiger partial charge >= 0.3 is 0 Å². The van der Waals surface area contributed by atoms with Gasteiger partial charge in [-0.15, -0.1) is 0 Å². The van der Waals surface area contributed by atoms with Crippen molar-refractivity contribution in [2.24, 2.45) is 0 Å². The molecule has 0 aliphatic heterocycles. The van der Waals surface area contributed by atoms with E-state index in [4.69, 9.17) is 5.73 Å². The van der Waals surface area contributed by atoms with E-state index in [1.807, 2.05) is 31.2 Å². The van der Waals surface area contributed by atoms with Gasteiger partial charge < -0.3 is 16.0 Å². The Morgan fingerprint density at radius 3 is 2.90 bits per heavy atom. The fourth-order valence-electron chi connectivity index (χ4n) is 2.34. The number of nitrogens with zero attached hydrogens (tertiary/aromatic N) is 1. The van der Waals surface area contributed by atoms with Crippen molar-refractivity contribution in [2.45, 2.75) is 13.3 Å². The molecule has 4 N–H and O–H groups in total. The first kappa shape index (κ1) is 12.5. The summed E-state index contributed by atoms with van der Waals surface area (Å²) < 4.78 is 0. The van der Waals surface area contributed by atoms with Crippen LogP contribution in [0.5, 0.6) is 0 Å². The fourth-order valence-corrected chi connectivity index (χ4v) is 2.34. The Morgan fingerprint density at radius 2 is 2.05 bits per heavy atom. The number of hydrogen-bond donors (Lipinski definition) is 3. The average molecular weight is 266 g/mol. The molecular formula is C16H18N4. The predicted octanol–water partition coefficient (Wildman–Crippen LogP) is 3.11. The van der Waals surface area contributed by atoms with Gasteiger partial charge in [-0.1, -0.05) is 18.2 Å². The molecular weight excluding hydrogens is 248 g/mol. The molecule has 20 heavy (non-hydrogen) atoms. The number of anilines is 2. The summed E-state index contributed by atoms with van der Waals surface area (Å²) in [5, 5.41) is 3.36. The lowest BCUT2D eigenvalue weighted by Crippen LogP contribution is -2.06. The fraction of sp³-hybridized carbons (Fsp3) is 0.188. The zero-order valence-electron chi connectivity index (χ0n) is 11.5. The largest absolute Gasteiger partial charge is 0.397 e. The summed E-state index contributed by atoms with van der Waals surface area (Å²) in [7, 11) is 0. The van der Waals surface area contributed by atoms with Gasteiger partial charge in [-0.2, -0.15) is 0 Å². The quantitative estimate of drug-likeness (QED) is 0.636. The van der Waals surface area contributed by atoms with Crippen LogP contribution in [0, 0.1) is 6.92 Å². The Bertz CT molecular complexity index is 730. The summed E-state index contributed by atoms with van der Waals surface area (Å²) in [5.41, 5.74) is 11.1. The predicted molar refractivity (Wildman–Crippen MR) is 83.9 cm³/mol. The first-order chi connectivity index (χ1) is 9.72. The van der Waals surface area contributed by atoms with Crippen molar-refractivity contribution in [1.82, 2.24) is 9.97 Å². The summed E-state index contributed by atoms with van der Waals surface area (Å²) in [6, 6.07) is 14.2. The first-order valence-electron chi connectivity index (χ1n) is 6.76. The van der Waals surface area contributed by atoms with Crippen LogP contribution in [-0.2, 0) is 6.42 Å². The van der Waals surface area contributed by atoms with E-state index in [0.717, 1.165) is 41.2 Å². The molecule has 0 fully saturated rings. The molecule has 0 saturated heterocycles. The zero-order valence-corrected chi connectivity index (χ0v) is 11.5. The molecule has 0 saturated carbocycles. The Balaban J connectivity index is 1.66. The molecule has 1 heterocycles. The third kappa shape index (κ3) is 2.59. The highest BCUT2D eigenvalue weighted by Gasteiger charge is 2.01. The standard InChI is InChI=1S/C16H18N4/c1-11-19-15-7-6-12(10-16(15)20-11)8-9-18-14-5-3-2-4-13(14)17/h2-7,10,18H,8-9,17H2,1H3,(H,19,20). The molecule has 0 atom stereocenters. The van der Waals surface area contributed by atoms with Gasteiger partial charge in [0.25, 0.3) is 0 Å². The van der Waals surface area contributed by atoms with E-state index in [-0.39, 0.29) is 0 Å². The van der Waals surface area contributed by atoms with Gasteiger partial charge in [0.2, 0.25) is 0 Å². The van der Waals surface area contributed by atoms with Crippen LogP contribution < -0.4 is 11.1 Å². The van der Waals surface area contributed by atoms with Gasteiger partial charge in [0.1, 0.15) is 5.82 Å². The van der Waals surface area contributed by atoms with Gasteiger partial charge in [0.15, 0.2) is 0 Å². The third-order valence-corrected chi connectivity index (χ3v) is 3.35. The van der Waals surface area contributed by atoms with Gasteiger partial charge in [-0.3, -0.25) is 0 Å². The topological polar surface area (TPSA) is 66.7 Å². The van der Waals surface area contributed by atoms with E-state index in [9.17, 15) is 0 Å². The Morgan fingerprint density at radius 1 is 1.20 bits per heavy atom. The Kier molecular flexibility index (Phi) is 3.29. The molecule has 4 nitrogen and oxygen atoms in total. The minimum atomic E-state index is 0.784. The van der Waals surface area contributed by atoms with Gasteiger partial charge in [-0.25, -0.2) is 4.98 Å². The van der Waals surface area contributed by atoms with Crippen LogP contribution in [0.1, 0.15) is 11.4 Å². The lowest BCUT2D eigenvalue weighted by molar-refractivity contribution is 1.02. The summed E-state index contributed by atoms with van der Waals surface area (Å²) in [6.45, 7) is 2.83. The number of aryl methyl sites for hydroxylation is 1. The second-order valence-electron chi connectivity index (χ2n) is 4.94. The molecule has 1 aromatic heterocycles. The second kappa shape index (κ2) is 5.25. The maximum absolute atomic E-state index is 5.90. The SMILES string of the molecule is Cc1nc2ccc(CCNc3ccccc3N)cc2[nH]1. The van der Waals surface area contributed by atoms with Crippen molar-refractivity contribution in [3.8, 4) is 0 Å². The molecule has 0 unspecified atom stereocenters. The van der Waals surface area contributed by atoms with Crippen LogP contribution in [0.25, 0.3) is 11.0 Å². The summed E-state index contributed by atoms with van der Waals surface area (Å²) in [6.07, 6.45) is 0.947. The maximum Gasteiger partial charge on any atom is 0.104 e. The number of imidazole rings is 1. The normalized spacial score (nSPS) is 10.8. The first-order valence-corrected chi connectivity index (χ1v) is 6.76. The minimum Gasteiger partial charge on any atom is -0.397 e. The van der Waals surface area contributed by atoms with E-state index in [0.29, 0.717) is 0 Å². The van der Waals surface area contributed by atoms with Gasteiger partial charge in [0, 0.05) is 6.54 Å². The second-order valence-corrected chi connectivity index (χ2v) is 4.94. The smallest absolute Gasteiger partial charge is 0.104 e. The summed E-state index contributed by atoms with van der Waals surface area (Å²) >= 11 is 0. The molecule has 0 radical (unpaired) electrons. The number of para-hydroxylation sites is 2. The lowest BCUT2D eigenvalue weighted by Gasteiger charge is -2.08. The Hall–Kier alpha value is -2.49. The molecule has 0 aliphatic rings. The van der Waals surface area contributed by atoms with Crippen molar-refractivity contribution < 1.29 is 0 Å². The average Bonchev–Trinajstić information content (AvgIpc) is 2.80. The maximum atomic E-state index is 5.90. The number of nitrogens with one attached hydrogen (secondary N) is 2. The summed E-state index contributed by atoms with van der Waals surface area (Å²) in [5.74, 6) is 0.951. The highest BCUT2D eigenvalue weighted by atomic mass is 14.9. The number of rotatable bonds is 4. The van der Waals surface area contributed by atoms with E-state index < -0.39 is 0 Å². The van der Waals surface area contributed by atoms with Crippen molar-refractivity contribution >= 4 is 22.4 Å². The van der Waals surface area contributed by atoms with E-state index in [1.165, 1.54) is 5.56 Å². The van der Waals surface area contributed by atoms with Crippen LogP contribution in [0.2, 0.25) is 0 Å². The van der Waals surface area contributed by atoms with Crippen molar-refractivity contribution in [1.29, 1.82) is 0 Å². The molecule has 4 heteroatoms. The molecule has 0 bridgehead atoms. The van der Waals surface area contributed by atoms with Crippen molar-refractivity contribution in [3.63, 3.8) is 0 Å². The molecule has 3 rings (SSSR count). The molecule has 0 spiro atoms. The van der Waals surface area contributed by atoms with Crippen LogP contribution in [0.15, 0.2) is 42.5 Å². The number of nitrogen functional groups attached to an aromatic ring is 1. The van der Waals surface area contributed by atoms with Crippen LogP contribution in [0.4, 0.5) is 11.4 Å². The van der Waals surface area contributed by atoms with Gasteiger partial charge in [-0.05, 0) is 43.2 Å². The van der Waals surface area contributed by atoms with Crippen LogP contribution >= 0.6 is 0 Å². The van der Waals surface area contributed by atoms with Crippen molar-refractivity contribution in [3.05, 3.63) is 53.9 Å². The molecule has 102 valence electrons. The monoisotopic (exact) mass is 266 g/mol. The number of aromatic amines is 1. The van der Waals surface area contributed by atoms with Crippen LogP contribution in [0.3, 0.4) is 0 Å². The van der Waals surface area contributed by atoms with Crippen molar-refractivity contribution in [2.75, 3.05) is 17.6 Å². The van der Waals surface area contributed by atoms with E-state index >= 15 is 0 Å². The zero-order chi connectivity index (χ0) is 13.9. The van der Waals surface area contributed by atoms with E-state index in [1.54, 1.807) is 0 Å². The number of fused-ring (bicyclic) bond motifs is 1. The lowest BCUT2D eigenvalue weighted by atomic mass is 10.1. The molecule has 2 aromatic carbocycles. The number of H-pyrrole nitrogens is 1. The van der Waals surface area contributed by atoms with Crippen LogP contribution in [-0.4, -0.2) is 16.5 Å². The highest BCUT2D eigenvalue weighted by Crippen LogP contribution is 2.17. The molecule has 0 aliphatic carbocycles. The van der Waals surface area contributed by atoms with E-state index in [2.05, 4.69) is 33.5 Å². The number of hydrogen-bond acceptors (Lipinski definition) is 3. The highest BCUT2D eigenvalue weighted by molar-refractivity contribution is 5.75. The number of nitrogens with two attached hydrogens (primary N) is 1. The molecule has 3 aromatic rings. The number of aromatic nitrogens is 2. The van der Waals surface area contributed by atoms with Gasteiger partial charge in [0.05, 0.1) is 22.4 Å². The summed E-state index contributed by atoms with van der Waals surface area (Å²) in [4.78, 5) is 7.67. The molecule has 0 amide bonds.